The monoisotopic (exact) mass is 229 g/mol. The molecule has 1 amide bonds. The number of hydrogen-bond donors (Lipinski definition) is 0. The van der Waals surface area contributed by atoms with Gasteiger partial charge >= 0.3 is 0 Å². The summed E-state index contributed by atoms with van der Waals surface area (Å²) in [5.74, 6) is 0.0445. The molecule has 0 N–H and O–H groups in total. The lowest BCUT2D eigenvalue weighted by atomic mass is 10.2. The first-order valence-corrected chi connectivity index (χ1v) is 5.94. The van der Waals surface area contributed by atoms with Crippen LogP contribution in [0, 0.1) is 0 Å². The van der Waals surface area contributed by atoms with Crippen LogP contribution in [-0.2, 0) is 4.79 Å². The van der Waals surface area contributed by atoms with Crippen LogP contribution in [0.25, 0.3) is 0 Å². The van der Waals surface area contributed by atoms with Crippen molar-refractivity contribution in [3.05, 3.63) is 60.9 Å². The van der Waals surface area contributed by atoms with Crippen LogP contribution in [0.5, 0.6) is 0 Å². The van der Waals surface area contributed by atoms with Crippen molar-refractivity contribution < 1.29 is 4.79 Å². The van der Waals surface area contributed by atoms with Crippen molar-refractivity contribution in [3.63, 3.8) is 0 Å². The van der Waals surface area contributed by atoms with E-state index < -0.39 is 0 Å². The van der Waals surface area contributed by atoms with E-state index in [0.717, 1.165) is 19.4 Å². The third-order valence-corrected chi connectivity index (χ3v) is 2.33. The van der Waals surface area contributed by atoms with Crippen molar-refractivity contribution in [1.29, 1.82) is 0 Å². The van der Waals surface area contributed by atoms with Crippen molar-refractivity contribution in [1.82, 2.24) is 4.90 Å². The molecular formula is C15H19NO. The quantitative estimate of drug-likeness (QED) is 0.534. The van der Waals surface area contributed by atoms with Crippen molar-refractivity contribution in [2.24, 2.45) is 0 Å². The average Bonchev–Trinajstić information content (AvgIpc) is 2.38. The van der Waals surface area contributed by atoms with E-state index in [9.17, 15) is 4.79 Å². The molecule has 0 radical (unpaired) electrons. The maximum Gasteiger partial charge on any atom is 0.250 e. The van der Waals surface area contributed by atoms with Crippen LogP contribution in [0.4, 0.5) is 0 Å². The molecule has 0 aromatic heterocycles. The summed E-state index contributed by atoms with van der Waals surface area (Å²) in [7, 11) is 0. The largest absolute Gasteiger partial charge is 0.316 e. The van der Waals surface area contributed by atoms with Gasteiger partial charge in [0.1, 0.15) is 0 Å². The number of amides is 1. The predicted octanol–water partition coefficient (Wildman–Crippen LogP) is 3.37. The minimum atomic E-state index is 0.0445. The molecule has 0 spiro atoms. The second kappa shape index (κ2) is 8.34. The highest BCUT2D eigenvalue weighted by molar-refractivity contribution is 5.88. The maximum absolute atomic E-state index is 11.7. The Morgan fingerprint density at radius 3 is 2.47 bits per heavy atom. The van der Waals surface area contributed by atoms with E-state index >= 15 is 0 Å². The third-order valence-electron chi connectivity index (χ3n) is 2.33. The molecule has 1 aliphatic heterocycles. The van der Waals surface area contributed by atoms with Crippen LogP contribution in [0.3, 0.4) is 0 Å². The van der Waals surface area contributed by atoms with Gasteiger partial charge in [0.05, 0.1) is 0 Å². The van der Waals surface area contributed by atoms with E-state index in [0.29, 0.717) is 0 Å². The van der Waals surface area contributed by atoms with Gasteiger partial charge in [0.25, 0.3) is 0 Å². The van der Waals surface area contributed by atoms with E-state index in [1.165, 1.54) is 0 Å². The van der Waals surface area contributed by atoms with Crippen LogP contribution in [0.1, 0.15) is 19.8 Å². The smallest absolute Gasteiger partial charge is 0.250 e. The Kier molecular flexibility index (Phi) is 6.49. The molecule has 17 heavy (non-hydrogen) atoms. The van der Waals surface area contributed by atoms with Gasteiger partial charge in [-0.25, -0.2) is 0 Å². The van der Waals surface area contributed by atoms with E-state index in [2.05, 4.69) is 0 Å². The van der Waals surface area contributed by atoms with Crippen molar-refractivity contribution >= 4 is 5.91 Å². The Morgan fingerprint density at radius 1 is 1.12 bits per heavy atom. The summed E-state index contributed by atoms with van der Waals surface area (Å²) >= 11 is 0. The van der Waals surface area contributed by atoms with Crippen LogP contribution in [0.15, 0.2) is 60.9 Å². The lowest BCUT2D eigenvalue weighted by Crippen LogP contribution is -2.26. The molecule has 0 aromatic rings. The zero-order valence-corrected chi connectivity index (χ0v) is 10.3. The zero-order valence-electron chi connectivity index (χ0n) is 10.3. The lowest BCUT2D eigenvalue weighted by Gasteiger charge is -2.19. The number of carbonyl (C=O) groups is 1. The second-order valence-corrected chi connectivity index (χ2v) is 3.71. The molecule has 0 fully saturated rings. The fourth-order valence-corrected chi connectivity index (χ4v) is 1.44. The first kappa shape index (κ1) is 13.2. The Hall–Kier alpha value is -1.83. The van der Waals surface area contributed by atoms with Gasteiger partial charge in [-0.15, -0.1) is 0 Å². The number of carbonyl (C=O) groups excluding carboxylic acids is 1. The van der Waals surface area contributed by atoms with Gasteiger partial charge in [-0.05, 0) is 19.8 Å². The van der Waals surface area contributed by atoms with Crippen LogP contribution in [-0.4, -0.2) is 17.4 Å². The molecule has 2 nitrogen and oxygen atoms in total. The highest BCUT2D eigenvalue weighted by atomic mass is 16.2. The fourth-order valence-electron chi connectivity index (χ4n) is 1.44. The van der Waals surface area contributed by atoms with Crippen LogP contribution < -0.4 is 0 Å². The van der Waals surface area contributed by atoms with Gasteiger partial charge in [0.15, 0.2) is 0 Å². The van der Waals surface area contributed by atoms with E-state index in [1.54, 1.807) is 17.1 Å². The van der Waals surface area contributed by atoms with Crippen LogP contribution in [0.2, 0.25) is 0 Å². The van der Waals surface area contributed by atoms with Crippen LogP contribution >= 0.6 is 0 Å². The minimum Gasteiger partial charge on any atom is -0.316 e. The molecule has 0 saturated heterocycles. The first-order chi connectivity index (χ1) is 8.34. The Labute approximate surface area is 103 Å². The molecule has 0 aromatic carbocycles. The molecule has 0 aliphatic carbocycles. The van der Waals surface area contributed by atoms with Gasteiger partial charge < -0.3 is 4.90 Å². The molecule has 1 rings (SSSR count). The van der Waals surface area contributed by atoms with Crippen molar-refractivity contribution in [2.45, 2.75) is 19.8 Å². The lowest BCUT2D eigenvalue weighted by molar-refractivity contribution is -0.123. The maximum atomic E-state index is 11.7. The predicted molar refractivity (Wildman–Crippen MR) is 72.3 cm³/mol. The number of allylic oxidation sites excluding steroid dienone is 8. The summed E-state index contributed by atoms with van der Waals surface area (Å²) in [4.78, 5) is 13.4. The third kappa shape index (κ3) is 5.71. The van der Waals surface area contributed by atoms with Gasteiger partial charge in [-0.3, -0.25) is 4.79 Å². The van der Waals surface area contributed by atoms with Crippen molar-refractivity contribution in [2.75, 3.05) is 6.54 Å². The Bertz CT molecular complexity index is 372. The van der Waals surface area contributed by atoms with Gasteiger partial charge in [-0.2, -0.15) is 0 Å². The summed E-state index contributed by atoms with van der Waals surface area (Å²) in [6.07, 6.45) is 20.9. The average molecular weight is 229 g/mol. The highest BCUT2D eigenvalue weighted by Crippen LogP contribution is 2.05. The highest BCUT2D eigenvalue weighted by Gasteiger charge is 2.08. The molecule has 0 saturated carbocycles. The molecular weight excluding hydrogens is 210 g/mol. The minimum absolute atomic E-state index is 0.0445. The first-order valence-electron chi connectivity index (χ1n) is 5.94. The fraction of sp³-hybridized carbons (Fsp3) is 0.267. The SMILES string of the molecule is CC=CC=CC=CC=CC(=O)N1C=CCCC1. The summed E-state index contributed by atoms with van der Waals surface area (Å²) in [5, 5.41) is 0. The van der Waals surface area contributed by atoms with Crippen molar-refractivity contribution in [3.8, 4) is 0 Å². The molecule has 0 bridgehead atoms. The molecule has 0 atom stereocenters. The van der Waals surface area contributed by atoms with Gasteiger partial charge in [0.2, 0.25) is 5.91 Å². The van der Waals surface area contributed by atoms with E-state index in [-0.39, 0.29) is 5.91 Å². The van der Waals surface area contributed by atoms with E-state index in [4.69, 9.17) is 0 Å². The summed E-state index contributed by atoms with van der Waals surface area (Å²) in [6.45, 7) is 2.79. The van der Waals surface area contributed by atoms with Gasteiger partial charge in [0, 0.05) is 18.8 Å². The zero-order chi connectivity index (χ0) is 12.3. The summed E-state index contributed by atoms with van der Waals surface area (Å²) < 4.78 is 0. The number of rotatable bonds is 4. The molecule has 0 unspecified atom stereocenters. The topological polar surface area (TPSA) is 20.3 Å². The summed E-state index contributed by atoms with van der Waals surface area (Å²) in [5.41, 5.74) is 0. The normalized spacial score (nSPS) is 17.1. The number of nitrogens with zero attached hydrogens (tertiary/aromatic N) is 1. The molecule has 1 heterocycles. The standard InChI is InChI=1S/C15H19NO/c1-2-3-4-5-6-7-9-12-15(17)16-13-10-8-11-14-16/h2-7,9-10,12-13H,8,11,14H2,1H3. The Morgan fingerprint density at radius 2 is 1.82 bits per heavy atom. The second-order valence-electron chi connectivity index (χ2n) is 3.71. The molecule has 90 valence electrons. The number of hydrogen-bond acceptors (Lipinski definition) is 1. The summed E-state index contributed by atoms with van der Waals surface area (Å²) in [6, 6.07) is 0. The molecule has 1 aliphatic rings. The van der Waals surface area contributed by atoms with Gasteiger partial charge in [-0.1, -0.05) is 48.6 Å². The Balaban J connectivity index is 2.35. The molecule has 2 heteroatoms. The van der Waals surface area contributed by atoms with E-state index in [1.807, 2.05) is 55.7 Å².